The number of amides is 2. The number of nitrogens with zero attached hydrogens (tertiary/aromatic N) is 1. The Morgan fingerprint density at radius 1 is 1.03 bits per heavy atom. The van der Waals surface area contributed by atoms with E-state index in [1.807, 2.05) is 37.3 Å². The van der Waals surface area contributed by atoms with E-state index in [4.69, 9.17) is 14.2 Å². The van der Waals surface area contributed by atoms with Gasteiger partial charge < -0.3 is 24.8 Å². The highest BCUT2D eigenvalue weighted by Gasteiger charge is 2.20. The van der Waals surface area contributed by atoms with E-state index < -0.39 is 0 Å². The summed E-state index contributed by atoms with van der Waals surface area (Å²) in [5, 5.41) is 6.30. The van der Waals surface area contributed by atoms with Crippen molar-refractivity contribution in [2.45, 2.75) is 11.3 Å². The predicted molar refractivity (Wildman–Crippen MR) is 131 cm³/mol. The minimum absolute atomic E-state index is 0.0676. The molecule has 8 nitrogen and oxygen atoms in total. The van der Waals surface area contributed by atoms with Gasteiger partial charge in [-0.25, -0.2) is 4.98 Å². The largest absolute Gasteiger partial charge is 0.493 e. The average molecular weight is 488 g/mol. The van der Waals surface area contributed by atoms with Gasteiger partial charge in [-0.15, -0.1) is 0 Å². The first-order valence-corrected chi connectivity index (χ1v) is 11.9. The summed E-state index contributed by atoms with van der Waals surface area (Å²) < 4.78 is 16.7. The van der Waals surface area contributed by atoms with Crippen molar-refractivity contribution >= 4 is 39.9 Å². The molecule has 0 atom stereocenters. The van der Waals surface area contributed by atoms with Crippen LogP contribution in [0.2, 0.25) is 0 Å². The van der Waals surface area contributed by atoms with Crippen LogP contribution < -0.4 is 24.8 Å². The summed E-state index contributed by atoms with van der Waals surface area (Å²) >= 11 is 2.64. The zero-order valence-electron chi connectivity index (χ0n) is 18.8. The lowest BCUT2D eigenvalue weighted by Crippen LogP contribution is -2.24. The van der Waals surface area contributed by atoms with Crippen molar-refractivity contribution in [2.24, 2.45) is 0 Å². The van der Waals surface area contributed by atoms with Crippen LogP contribution in [0.1, 0.15) is 17.3 Å². The molecule has 0 bridgehead atoms. The fourth-order valence-corrected chi connectivity index (χ4v) is 4.89. The lowest BCUT2D eigenvalue weighted by Gasteiger charge is -2.14. The SMILES string of the molecule is CCNC(=O)CSc1nc(-c2ccccc2)c(NC(=O)c2cc(OC)c(OC)c(OC)c2)s1. The van der Waals surface area contributed by atoms with Gasteiger partial charge in [-0.3, -0.25) is 9.59 Å². The molecule has 2 aromatic carbocycles. The van der Waals surface area contributed by atoms with Crippen LogP contribution in [0.5, 0.6) is 17.2 Å². The summed E-state index contributed by atoms with van der Waals surface area (Å²) in [6, 6.07) is 12.7. The number of nitrogens with one attached hydrogen (secondary N) is 2. The molecule has 0 spiro atoms. The highest BCUT2D eigenvalue weighted by molar-refractivity contribution is 8.01. The molecule has 2 N–H and O–H groups in total. The third-order valence-electron chi connectivity index (χ3n) is 4.51. The lowest BCUT2D eigenvalue weighted by molar-refractivity contribution is -0.118. The number of hydrogen-bond donors (Lipinski definition) is 2. The molecule has 174 valence electrons. The number of thiazole rings is 1. The van der Waals surface area contributed by atoms with Crippen LogP contribution in [0.3, 0.4) is 0 Å². The quantitative estimate of drug-likeness (QED) is 0.411. The molecule has 1 aromatic heterocycles. The Hall–Kier alpha value is -3.24. The Balaban J connectivity index is 1.91. The van der Waals surface area contributed by atoms with Gasteiger partial charge in [-0.2, -0.15) is 0 Å². The van der Waals surface area contributed by atoms with Crippen LogP contribution in [0, 0.1) is 0 Å². The van der Waals surface area contributed by atoms with Gasteiger partial charge in [0.1, 0.15) is 10.7 Å². The minimum Gasteiger partial charge on any atom is -0.493 e. The molecule has 3 aromatic rings. The molecule has 0 aliphatic carbocycles. The maximum atomic E-state index is 13.1. The van der Waals surface area contributed by atoms with Crippen molar-refractivity contribution in [3.63, 3.8) is 0 Å². The Labute approximate surface area is 200 Å². The van der Waals surface area contributed by atoms with Gasteiger partial charge in [0.2, 0.25) is 11.7 Å². The molecule has 0 radical (unpaired) electrons. The Kier molecular flexibility index (Phi) is 8.56. The molecule has 0 aliphatic heterocycles. The third kappa shape index (κ3) is 5.96. The Bertz CT molecular complexity index is 1090. The number of rotatable bonds is 10. The maximum absolute atomic E-state index is 13.1. The monoisotopic (exact) mass is 487 g/mol. The predicted octanol–water partition coefficient (Wildman–Crippen LogP) is 4.32. The van der Waals surface area contributed by atoms with E-state index >= 15 is 0 Å². The van der Waals surface area contributed by atoms with Gasteiger partial charge in [-0.1, -0.05) is 53.4 Å². The lowest BCUT2D eigenvalue weighted by atomic mass is 10.1. The van der Waals surface area contributed by atoms with Crippen molar-refractivity contribution in [1.82, 2.24) is 10.3 Å². The van der Waals surface area contributed by atoms with E-state index in [1.54, 1.807) is 12.1 Å². The molecule has 33 heavy (non-hydrogen) atoms. The smallest absolute Gasteiger partial charge is 0.256 e. The first-order chi connectivity index (χ1) is 16.0. The average Bonchev–Trinajstić information content (AvgIpc) is 3.24. The molecule has 0 fully saturated rings. The fourth-order valence-electron chi connectivity index (χ4n) is 3.00. The molecule has 3 rings (SSSR count). The van der Waals surface area contributed by atoms with Crippen LogP contribution >= 0.6 is 23.1 Å². The topological polar surface area (TPSA) is 98.8 Å². The van der Waals surface area contributed by atoms with Gasteiger partial charge in [0.15, 0.2) is 15.8 Å². The maximum Gasteiger partial charge on any atom is 0.256 e. The number of ether oxygens (including phenoxy) is 3. The summed E-state index contributed by atoms with van der Waals surface area (Å²) in [5.74, 6) is 0.997. The summed E-state index contributed by atoms with van der Waals surface area (Å²) in [5.41, 5.74) is 1.84. The number of carbonyl (C=O) groups is 2. The molecule has 2 amide bonds. The van der Waals surface area contributed by atoms with Gasteiger partial charge in [-0.05, 0) is 19.1 Å². The highest BCUT2D eigenvalue weighted by Crippen LogP contribution is 2.40. The Morgan fingerprint density at radius 3 is 2.27 bits per heavy atom. The molecule has 0 aliphatic rings. The third-order valence-corrected chi connectivity index (χ3v) is 6.62. The minimum atomic E-state index is -0.352. The van der Waals surface area contributed by atoms with Crippen molar-refractivity contribution in [3.8, 4) is 28.5 Å². The second kappa shape index (κ2) is 11.6. The van der Waals surface area contributed by atoms with Crippen LogP contribution in [0.15, 0.2) is 46.8 Å². The number of aromatic nitrogens is 1. The molecule has 0 saturated heterocycles. The molecular formula is C23H25N3O5S2. The Morgan fingerprint density at radius 2 is 1.70 bits per heavy atom. The van der Waals surface area contributed by atoms with Crippen molar-refractivity contribution < 1.29 is 23.8 Å². The fraction of sp³-hybridized carbons (Fsp3) is 0.261. The van der Waals surface area contributed by atoms with Gasteiger partial charge in [0.25, 0.3) is 5.91 Å². The molecule has 10 heteroatoms. The first kappa shape index (κ1) is 24.4. The van der Waals surface area contributed by atoms with E-state index in [0.29, 0.717) is 44.4 Å². The molecular weight excluding hydrogens is 462 g/mol. The van der Waals surface area contributed by atoms with Crippen molar-refractivity contribution in [2.75, 3.05) is 38.9 Å². The van der Waals surface area contributed by atoms with Crippen LogP contribution in [0.4, 0.5) is 5.00 Å². The number of methoxy groups -OCH3 is 3. The van der Waals surface area contributed by atoms with Crippen LogP contribution in [-0.2, 0) is 4.79 Å². The summed E-state index contributed by atoms with van der Waals surface area (Å²) in [4.78, 5) is 29.7. The van der Waals surface area contributed by atoms with E-state index in [-0.39, 0.29) is 17.6 Å². The van der Waals surface area contributed by atoms with Crippen molar-refractivity contribution in [3.05, 3.63) is 48.0 Å². The second-order valence-electron chi connectivity index (χ2n) is 6.63. The number of hydrogen-bond acceptors (Lipinski definition) is 8. The molecule has 0 saturated carbocycles. The summed E-state index contributed by atoms with van der Waals surface area (Å²) in [6.07, 6.45) is 0. The zero-order valence-corrected chi connectivity index (χ0v) is 20.4. The highest BCUT2D eigenvalue weighted by atomic mass is 32.2. The van der Waals surface area contributed by atoms with Crippen LogP contribution in [-0.4, -0.2) is 50.4 Å². The van der Waals surface area contributed by atoms with Gasteiger partial charge in [0, 0.05) is 17.7 Å². The van der Waals surface area contributed by atoms with Gasteiger partial charge in [0.05, 0.1) is 27.1 Å². The summed E-state index contributed by atoms with van der Waals surface area (Å²) in [6.45, 7) is 2.44. The van der Waals surface area contributed by atoms with E-state index in [1.165, 1.54) is 44.4 Å². The van der Waals surface area contributed by atoms with E-state index in [0.717, 1.165) is 5.56 Å². The number of carbonyl (C=O) groups excluding carboxylic acids is 2. The second-order valence-corrected chi connectivity index (χ2v) is 8.86. The molecule has 0 unspecified atom stereocenters. The standard InChI is InChI=1S/C23H25N3O5S2/c1-5-24-18(27)13-32-23-25-19(14-9-7-6-8-10-14)22(33-23)26-21(28)15-11-16(29-2)20(31-4)17(12-15)30-3/h6-12H,5,13H2,1-4H3,(H,24,27)(H,26,28). The number of anilines is 1. The number of thioether (sulfide) groups is 1. The first-order valence-electron chi connectivity index (χ1n) is 10.1. The number of benzene rings is 2. The zero-order chi connectivity index (χ0) is 23.8. The summed E-state index contributed by atoms with van der Waals surface area (Å²) in [7, 11) is 4.49. The molecule has 1 heterocycles. The van der Waals surface area contributed by atoms with E-state index in [9.17, 15) is 9.59 Å². The van der Waals surface area contributed by atoms with Crippen molar-refractivity contribution in [1.29, 1.82) is 0 Å². The van der Waals surface area contributed by atoms with E-state index in [2.05, 4.69) is 15.6 Å². The van der Waals surface area contributed by atoms with Gasteiger partial charge >= 0.3 is 0 Å². The van der Waals surface area contributed by atoms with Crippen LogP contribution in [0.25, 0.3) is 11.3 Å². The normalized spacial score (nSPS) is 10.4.